The van der Waals surface area contributed by atoms with Crippen LogP contribution < -0.4 is 21.4 Å². The van der Waals surface area contributed by atoms with Gasteiger partial charge in [0.2, 0.25) is 5.91 Å². The Bertz CT molecular complexity index is 1370. The minimum atomic E-state index is -1.02. The van der Waals surface area contributed by atoms with Crippen LogP contribution in [-0.2, 0) is 30.2 Å². The van der Waals surface area contributed by atoms with Gasteiger partial charge >= 0.3 is 18.2 Å². The first kappa shape index (κ1) is 39.8. The second kappa shape index (κ2) is 20.1. The van der Waals surface area contributed by atoms with Crippen LogP contribution in [0.3, 0.4) is 0 Å². The maximum Gasteiger partial charge on any atom is 0.407 e. The molecule has 1 aliphatic carbocycles. The van der Waals surface area contributed by atoms with Gasteiger partial charge in [-0.25, -0.2) is 24.4 Å². The molecule has 0 aliphatic heterocycles. The van der Waals surface area contributed by atoms with Crippen molar-refractivity contribution in [2.45, 2.75) is 90.4 Å². The van der Waals surface area contributed by atoms with Crippen molar-refractivity contribution in [3.63, 3.8) is 0 Å². The molecule has 1 aromatic heterocycles. The highest BCUT2D eigenvalue weighted by Gasteiger charge is 2.35. The minimum absolute atomic E-state index is 0.0142. The summed E-state index contributed by atoms with van der Waals surface area (Å²) in [4.78, 5) is 72.1. The highest BCUT2D eigenvalue weighted by atomic mass is 16.6. The minimum Gasteiger partial charge on any atom is -0.454 e. The number of esters is 1. The van der Waals surface area contributed by atoms with Crippen molar-refractivity contribution in [1.82, 2.24) is 36.4 Å². The van der Waals surface area contributed by atoms with Crippen molar-refractivity contribution >= 4 is 30.0 Å². The number of H-pyrrole nitrogens is 1. The molecule has 3 rings (SSSR count). The number of alkyl carbamates (subject to hydrolysis) is 2. The lowest BCUT2D eigenvalue weighted by Crippen LogP contribution is -2.60. The number of aromatic amines is 1. The molecular weight excluding hydrogens is 646 g/mol. The predicted octanol–water partition coefficient (Wildman–Crippen LogP) is 3.34. The largest absolute Gasteiger partial charge is 0.454 e. The number of nitrogens with one attached hydrogen (secondary N) is 5. The second-order valence-electron chi connectivity index (χ2n) is 13.3. The van der Waals surface area contributed by atoms with Crippen LogP contribution in [0.25, 0.3) is 0 Å². The van der Waals surface area contributed by atoms with E-state index in [-0.39, 0.29) is 36.4 Å². The number of imidazole rings is 1. The molecule has 1 aromatic carbocycles. The number of hydrazine groups is 1. The van der Waals surface area contributed by atoms with Gasteiger partial charge in [-0.15, -0.1) is 0 Å². The fourth-order valence-electron chi connectivity index (χ4n) is 5.96. The van der Waals surface area contributed by atoms with E-state index in [9.17, 15) is 24.0 Å². The van der Waals surface area contributed by atoms with Gasteiger partial charge in [0.15, 0.2) is 0 Å². The van der Waals surface area contributed by atoms with Crippen LogP contribution >= 0.6 is 0 Å². The van der Waals surface area contributed by atoms with Gasteiger partial charge in [-0.1, -0.05) is 77.3 Å². The van der Waals surface area contributed by atoms with Crippen molar-refractivity contribution in [2.75, 3.05) is 27.3 Å². The first-order valence-electron chi connectivity index (χ1n) is 17.2. The predicted molar refractivity (Wildman–Crippen MR) is 184 cm³/mol. The third-order valence-corrected chi connectivity index (χ3v) is 8.74. The Balaban J connectivity index is 2.03. The summed E-state index contributed by atoms with van der Waals surface area (Å²) in [5.74, 6) is -2.01. The normalized spacial score (nSPS) is 15.8. The monoisotopic (exact) mass is 699 g/mol. The maximum absolute atomic E-state index is 13.9. The smallest absolute Gasteiger partial charge is 0.407 e. The molecule has 4 atom stereocenters. The maximum atomic E-state index is 13.9. The lowest BCUT2D eigenvalue weighted by atomic mass is 9.89. The Labute approximate surface area is 293 Å². The summed E-state index contributed by atoms with van der Waals surface area (Å²) in [5, 5.41) is 9.96. The average molecular weight is 700 g/mol. The zero-order chi connectivity index (χ0) is 36.6. The molecule has 0 bridgehead atoms. The van der Waals surface area contributed by atoms with Crippen LogP contribution in [0.1, 0.15) is 75.9 Å². The summed E-state index contributed by atoms with van der Waals surface area (Å²) < 4.78 is 15.7. The van der Waals surface area contributed by atoms with Crippen LogP contribution in [0, 0.1) is 17.8 Å². The fraction of sp³-hybridized carbons (Fsp3) is 0.600. The molecule has 2 aromatic rings. The zero-order valence-electron chi connectivity index (χ0n) is 29.9. The van der Waals surface area contributed by atoms with Crippen molar-refractivity contribution in [1.29, 1.82) is 0 Å². The molecule has 1 aliphatic rings. The highest BCUT2D eigenvalue weighted by Crippen LogP contribution is 2.25. The van der Waals surface area contributed by atoms with Gasteiger partial charge in [-0.05, 0) is 42.6 Å². The summed E-state index contributed by atoms with van der Waals surface area (Å²) in [6, 6.07) is 6.70. The number of rotatable bonds is 17. The number of amides is 4. The van der Waals surface area contributed by atoms with E-state index < -0.39 is 54.2 Å². The van der Waals surface area contributed by atoms with E-state index >= 15 is 0 Å². The number of aromatic nitrogens is 2. The molecule has 276 valence electrons. The summed E-state index contributed by atoms with van der Waals surface area (Å²) in [5.41, 5.74) is 3.95. The van der Waals surface area contributed by atoms with Crippen LogP contribution in [0.2, 0.25) is 0 Å². The lowest BCUT2D eigenvalue weighted by molar-refractivity contribution is -0.131. The molecule has 1 heterocycles. The van der Waals surface area contributed by atoms with Gasteiger partial charge in [0.1, 0.15) is 23.9 Å². The van der Waals surface area contributed by atoms with Crippen molar-refractivity contribution in [2.24, 2.45) is 17.8 Å². The van der Waals surface area contributed by atoms with Gasteiger partial charge in [0.05, 0.1) is 39.3 Å². The van der Waals surface area contributed by atoms with Crippen LogP contribution in [0.15, 0.2) is 42.9 Å². The fourth-order valence-corrected chi connectivity index (χ4v) is 5.96. The molecule has 4 amide bonds. The van der Waals surface area contributed by atoms with Crippen molar-refractivity contribution in [3.8, 4) is 0 Å². The summed E-state index contributed by atoms with van der Waals surface area (Å²) in [7, 11) is 2.44. The van der Waals surface area contributed by atoms with Crippen molar-refractivity contribution in [3.05, 3.63) is 54.1 Å². The van der Waals surface area contributed by atoms with E-state index in [0.29, 0.717) is 6.54 Å². The first-order valence-corrected chi connectivity index (χ1v) is 17.2. The van der Waals surface area contributed by atoms with Gasteiger partial charge in [0, 0.05) is 6.54 Å². The third kappa shape index (κ3) is 12.7. The van der Waals surface area contributed by atoms with E-state index in [2.05, 4.69) is 31.3 Å². The van der Waals surface area contributed by atoms with Crippen LogP contribution in [-0.4, -0.2) is 96.5 Å². The molecule has 0 saturated heterocycles. The topological polar surface area (TPSA) is 193 Å². The molecule has 5 N–H and O–H groups in total. The standard InChI is InChI=1S/C35H53N7O8/c1-22(2)29(39-34(46)48-5)31(43)38-26(17-24-13-9-7-10-14-24)28(50-33(45)27-18-36-21-37-27)20-42(19-25-15-11-8-12-16-25)41-32(44)30(23(3)4)40-35(47)49-6/h7,9-10,13-14,18,21-23,25-26,28-30H,8,11-12,15-17,19-20H2,1-6H3,(H,36,37)(H,38,43)(H,39,46)(H,40,47)(H,41,44). The van der Waals surface area contributed by atoms with E-state index in [1.807, 2.05) is 30.3 Å². The number of nitrogens with zero attached hydrogens (tertiary/aromatic N) is 2. The molecule has 4 unspecified atom stereocenters. The van der Waals surface area contributed by atoms with E-state index in [0.717, 1.165) is 37.7 Å². The molecule has 1 fully saturated rings. The molecular formula is C35H53N7O8. The number of ether oxygens (including phenoxy) is 3. The molecule has 0 radical (unpaired) electrons. The number of hydrogen-bond donors (Lipinski definition) is 5. The molecule has 15 nitrogen and oxygen atoms in total. The van der Waals surface area contributed by atoms with E-state index in [1.54, 1.807) is 32.7 Å². The number of benzene rings is 1. The van der Waals surface area contributed by atoms with Crippen molar-refractivity contribution < 1.29 is 38.2 Å². The van der Waals surface area contributed by atoms with E-state index in [1.165, 1.54) is 26.7 Å². The highest BCUT2D eigenvalue weighted by molar-refractivity contribution is 5.88. The van der Waals surface area contributed by atoms with Gasteiger partial charge in [0.25, 0.3) is 5.91 Å². The summed E-state index contributed by atoms with van der Waals surface area (Å²) in [6.45, 7) is 7.62. The quantitative estimate of drug-likeness (QED) is 0.0929. The van der Waals surface area contributed by atoms with E-state index in [4.69, 9.17) is 14.2 Å². The SMILES string of the molecule is COC(=O)NC(C(=O)NC(Cc1ccccc1)C(CN(CC1CCCCC1)NC(=O)C(NC(=O)OC)C(C)C)OC(=O)c1cnc[nH]1)C(C)C. The average Bonchev–Trinajstić information content (AvgIpc) is 3.65. The van der Waals surface area contributed by atoms with Crippen LogP contribution in [0.5, 0.6) is 0 Å². The Hall–Kier alpha value is -4.66. The molecule has 50 heavy (non-hydrogen) atoms. The number of carbonyl (C=O) groups excluding carboxylic acids is 5. The Morgan fingerprint density at radius 3 is 2.00 bits per heavy atom. The second-order valence-corrected chi connectivity index (χ2v) is 13.3. The molecule has 1 saturated carbocycles. The molecule has 0 spiro atoms. The number of hydrogen-bond acceptors (Lipinski definition) is 10. The first-order chi connectivity index (χ1) is 23.9. The third-order valence-electron chi connectivity index (χ3n) is 8.74. The number of methoxy groups -OCH3 is 2. The molecule has 15 heteroatoms. The summed E-state index contributed by atoms with van der Waals surface area (Å²) in [6.07, 6.45) is 5.58. The number of carbonyl (C=O) groups is 5. The Kier molecular flexibility index (Phi) is 16.0. The van der Waals surface area contributed by atoms with Gasteiger partial charge < -0.3 is 35.1 Å². The lowest BCUT2D eigenvalue weighted by Gasteiger charge is -2.36. The Morgan fingerprint density at radius 1 is 0.860 bits per heavy atom. The summed E-state index contributed by atoms with van der Waals surface area (Å²) >= 11 is 0. The van der Waals surface area contributed by atoms with Gasteiger partial charge in [-0.2, -0.15) is 0 Å². The zero-order valence-corrected chi connectivity index (χ0v) is 29.9. The Morgan fingerprint density at radius 2 is 1.46 bits per heavy atom. The van der Waals surface area contributed by atoms with Crippen LogP contribution in [0.4, 0.5) is 9.59 Å². The van der Waals surface area contributed by atoms with Gasteiger partial charge in [-0.3, -0.25) is 15.0 Å².